The normalized spacial score (nSPS) is 18.3. The van der Waals surface area contributed by atoms with E-state index in [2.05, 4.69) is 11.7 Å². The van der Waals surface area contributed by atoms with Crippen LogP contribution >= 0.6 is 0 Å². The first-order chi connectivity index (χ1) is 12.0. The fraction of sp³-hybridized carbons (Fsp3) is 0.368. The van der Waals surface area contributed by atoms with Crippen molar-refractivity contribution in [1.82, 2.24) is 14.7 Å². The maximum Gasteiger partial charge on any atom is 0.337 e. The summed E-state index contributed by atoms with van der Waals surface area (Å²) in [4.78, 5) is 13.3. The fourth-order valence-corrected chi connectivity index (χ4v) is 3.13. The topological polar surface area (TPSA) is 67.6 Å². The molecule has 1 unspecified atom stereocenters. The summed E-state index contributed by atoms with van der Waals surface area (Å²) >= 11 is 0. The zero-order chi connectivity index (χ0) is 18.0. The highest BCUT2D eigenvalue weighted by atomic mass is 16.5. The zero-order valence-electron chi connectivity index (χ0n) is 14.6. The van der Waals surface area contributed by atoms with E-state index in [9.17, 15) is 9.90 Å². The third-order valence-corrected chi connectivity index (χ3v) is 4.29. The molecule has 0 saturated carbocycles. The van der Waals surface area contributed by atoms with Gasteiger partial charge in [-0.3, -0.25) is 0 Å². The summed E-state index contributed by atoms with van der Waals surface area (Å²) in [6.45, 7) is 4.58. The van der Waals surface area contributed by atoms with E-state index >= 15 is 0 Å². The van der Waals surface area contributed by atoms with Crippen LogP contribution < -0.4 is 0 Å². The van der Waals surface area contributed by atoms with Crippen LogP contribution in [0.25, 0.3) is 22.6 Å². The molecule has 1 atom stereocenters. The molecule has 132 valence electrons. The van der Waals surface area contributed by atoms with E-state index in [-0.39, 0.29) is 11.8 Å². The number of hydrogen-bond donors (Lipinski definition) is 1. The summed E-state index contributed by atoms with van der Waals surface area (Å²) in [6, 6.07) is 5.59. The molecule has 2 heterocycles. The van der Waals surface area contributed by atoms with Gasteiger partial charge in [0.2, 0.25) is 0 Å². The first-order valence-corrected chi connectivity index (χ1v) is 8.39. The van der Waals surface area contributed by atoms with Crippen LogP contribution in [0.5, 0.6) is 0 Å². The molecule has 1 N–H and O–H groups in total. The van der Waals surface area contributed by atoms with Crippen LogP contribution in [0, 0.1) is 0 Å². The summed E-state index contributed by atoms with van der Waals surface area (Å²) in [5.41, 5.74) is 2.55. The quantitative estimate of drug-likeness (QED) is 0.845. The Morgan fingerprint density at radius 3 is 2.84 bits per heavy atom. The minimum absolute atomic E-state index is 0.0768. The van der Waals surface area contributed by atoms with Crippen molar-refractivity contribution in [2.45, 2.75) is 25.5 Å². The van der Waals surface area contributed by atoms with E-state index < -0.39 is 5.97 Å². The van der Waals surface area contributed by atoms with Gasteiger partial charge in [0.05, 0.1) is 16.8 Å². The van der Waals surface area contributed by atoms with E-state index in [1.54, 1.807) is 31.3 Å². The summed E-state index contributed by atoms with van der Waals surface area (Å²) in [5, 5.41) is 15.0. The average Bonchev–Trinajstić information content (AvgIpc) is 2.98. The van der Waals surface area contributed by atoms with Gasteiger partial charge in [0.25, 0.3) is 0 Å². The molecule has 1 aliphatic rings. The molecule has 1 aliphatic heterocycles. The van der Waals surface area contributed by atoms with Crippen LogP contribution in [0.15, 0.2) is 31.0 Å². The lowest BCUT2D eigenvalue weighted by Crippen LogP contribution is -2.19. The van der Waals surface area contributed by atoms with Gasteiger partial charge in [0.15, 0.2) is 6.23 Å². The minimum atomic E-state index is -0.962. The number of fused-ring (bicyclic) bond motifs is 1. The van der Waals surface area contributed by atoms with Crippen molar-refractivity contribution in [3.8, 4) is 0 Å². The van der Waals surface area contributed by atoms with Gasteiger partial charge in [0, 0.05) is 32.3 Å². The first kappa shape index (κ1) is 17.2. The Kier molecular flexibility index (Phi) is 4.90. The second-order valence-corrected chi connectivity index (χ2v) is 6.40. The fourth-order valence-electron chi connectivity index (χ4n) is 3.13. The van der Waals surface area contributed by atoms with Crippen molar-refractivity contribution in [3.05, 3.63) is 42.2 Å². The maximum atomic E-state index is 11.6. The Morgan fingerprint density at radius 1 is 1.44 bits per heavy atom. The number of aromatic nitrogens is 2. The number of ether oxygens (including phenoxy) is 1. The number of carboxylic acid groups (broad SMARTS) is 1. The Morgan fingerprint density at radius 2 is 2.24 bits per heavy atom. The van der Waals surface area contributed by atoms with Gasteiger partial charge >= 0.3 is 5.97 Å². The van der Waals surface area contributed by atoms with E-state index in [0.717, 1.165) is 42.5 Å². The van der Waals surface area contributed by atoms with Crippen LogP contribution in [0.3, 0.4) is 0 Å². The van der Waals surface area contributed by atoms with Crippen molar-refractivity contribution in [2.75, 3.05) is 20.7 Å². The predicted octanol–water partition coefficient (Wildman–Crippen LogP) is 3.37. The molecule has 0 spiro atoms. The summed E-state index contributed by atoms with van der Waals surface area (Å²) in [7, 11) is 3.60. The zero-order valence-corrected chi connectivity index (χ0v) is 14.6. The van der Waals surface area contributed by atoms with Gasteiger partial charge in [-0.1, -0.05) is 12.6 Å². The van der Waals surface area contributed by atoms with Gasteiger partial charge in [0.1, 0.15) is 0 Å². The second-order valence-electron chi connectivity index (χ2n) is 6.40. The third-order valence-electron chi connectivity index (χ3n) is 4.29. The molecule has 6 nitrogen and oxygen atoms in total. The predicted molar refractivity (Wildman–Crippen MR) is 98.0 cm³/mol. The molecule has 0 bridgehead atoms. The Bertz CT molecular complexity index is 830. The lowest BCUT2D eigenvalue weighted by atomic mass is 10.0. The summed E-state index contributed by atoms with van der Waals surface area (Å²) in [6.07, 6.45) is 6.34. The number of carbonyl (C=O) groups is 1. The minimum Gasteiger partial charge on any atom is -0.478 e. The molecule has 1 fully saturated rings. The highest BCUT2D eigenvalue weighted by Gasteiger charge is 2.21. The van der Waals surface area contributed by atoms with Crippen molar-refractivity contribution in [1.29, 1.82) is 0 Å². The molecule has 0 radical (unpaired) electrons. The van der Waals surface area contributed by atoms with Gasteiger partial charge < -0.3 is 14.7 Å². The smallest absolute Gasteiger partial charge is 0.337 e. The van der Waals surface area contributed by atoms with Gasteiger partial charge in [-0.05, 0) is 43.0 Å². The number of rotatable bonds is 5. The molecule has 1 saturated heterocycles. The number of benzene rings is 1. The molecule has 1 aromatic heterocycles. The van der Waals surface area contributed by atoms with Crippen LogP contribution in [0.1, 0.15) is 36.7 Å². The third kappa shape index (κ3) is 3.44. The van der Waals surface area contributed by atoms with Crippen molar-refractivity contribution >= 4 is 28.5 Å². The van der Waals surface area contributed by atoms with Gasteiger partial charge in [-0.2, -0.15) is 5.10 Å². The lowest BCUT2D eigenvalue weighted by molar-refractivity contribution is -0.130. The molecular weight excluding hydrogens is 318 g/mol. The Balaban J connectivity index is 2.11. The molecule has 2 aromatic rings. The SMILES string of the molecule is C=Cc1nn(C2CCCCO2)c2ccc(/C(=C\N(C)C)C(=O)O)cc12. The molecule has 3 rings (SSSR count). The Labute approximate surface area is 147 Å². The number of nitrogens with zero attached hydrogens (tertiary/aromatic N) is 3. The van der Waals surface area contributed by atoms with E-state index in [1.807, 2.05) is 22.9 Å². The van der Waals surface area contributed by atoms with Crippen molar-refractivity contribution in [3.63, 3.8) is 0 Å². The van der Waals surface area contributed by atoms with Crippen LogP contribution in [-0.2, 0) is 9.53 Å². The highest BCUT2D eigenvalue weighted by Crippen LogP contribution is 2.30. The standard InChI is InChI=1S/C19H23N3O3/c1-4-16-14-11-13(15(19(23)24)12-21(2)3)8-9-17(14)22(20-16)18-7-5-6-10-25-18/h4,8-9,11-12,18H,1,5-7,10H2,2-3H3,(H,23,24)/b15-12+. The molecular formula is C19H23N3O3. The number of hydrogen-bond acceptors (Lipinski definition) is 4. The Hall–Kier alpha value is -2.60. The van der Waals surface area contributed by atoms with E-state index in [0.29, 0.717) is 5.56 Å². The molecule has 1 aromatic carbocycles. The van der Waals surface area contributed by atoms with E-state index in [4.69, 9.17) is 4.74 Å². The molecule has 0 aliphatic carbocycles. The summed E-state index contributed by atoms with van der Waals surface area (Å²) < 4.78 is 7.75. The summed E-state index contributed by atoms with van der Waals surface area (Å²) in [5.74, 6) is -0.962. The largest absolute Gasteiger partial charge is 0.478 e. The van der Waals surface area contributed by atoms with Crippen molar-refractivity contribution in [2.24, 2.45) is 0 Å². The number of carboxylic acids is 1. The number of aliphatic carboxylic acids is 1. The van der Waals surface area contributed by atoms with Crippen molar-refractivity contribution < 1.29 is 14.6 Å². The van der Waals surface area contributed by atoms with Gasteiger partial charge in [-0.25, -0.2) is 9.48 Å². The van der Waals surface area contributed by atoms with Gasteiger partial charge in [-0.15, -0.1) is 0 Å². The van der Waals surface area contributed by atoms with Crippen LogP contribution in [-0.4, -0.2) is 46.5 Å². The first-order valence-electron chi connectivity index (χ1n) is 8.39. The molecule has 6 heteroatoms. The highest BCUT2D eigenvalue weighted by molar-refractivity contribution is 6.16. The van der Waals surface area contributed by atoms with Crippen LogP contribution in [0.2, 0.25) is 0 Å². The van der Waals surface area contributed by atoms with E-state index in [1.165, 1.54) is 0 Å². The van der Waals surface area contributed by atoms with Crippen LogP contribution in [0.4, 0.5) is 0 Å². The maximum absolute atomic E-state index is 11.6. The molecule has 25 heavy (non-hydrogen) atoms. The second kappa shape index (κ2) is 7.11. The lowest BCUT2D eigenvalue weighted by Gasteiger charge is -2.23. The average molecular weight is 341 g/mol. The molecule has 0 amide bonds. The monoisotopic (exact) mass is 341 g/mol.